The largest absolute Gasteiger partial charge is 0.467 e. The average Bonchev–Trinajstić information content (AvgIpc) is 2.36. The van der Waals surface area contributed by atoms with E-state index in [0.717, 1.165) is 19.5 Å². The highest BCUT2D eigenvalue weighted by Gasteiger charge is 2.30. The molecule has 2 unspecified atom stereocenters. The Morgan fingerprint density at radius 3 is 2.67 bits per heavy atom. The quantitative estimate of drug-likeness (QED) is 0.358. The van der Waals surface area contributed by atoms with Gasteiger partial charge in [-0.3, -0.25) is 15.1 Å². The van der Waals surface area contributed by atoms with Crippen molar-refractivity contribution in [1.29, 1.82) is 0 Å². The number of carbonyl (C=O) groups excluding carboxylic acids is 1. The van der Waals surface area contributed by atoms with Gasteiger partial charge in [-0.25, -0.2) is 4.79 Å². The van der Waals surface area contributed by atoms with Crippen LogP contribution in [-0.4, -0.2) is 39.3 Å². The topological polar surface area (TPSA) is 149 Å². The third kappa shape index (κ3) is 2.52. The number of nitrogens with two attached hydrogens (primary N) is 1. The normalized spacial score (nSPS) is 13.7. The van der Waals surface area contributed by atoms with Crippen LogP contribution in [-0.2, 0) is 9.53 Å². The lowest BCUT2D eigenvalue weighted by atomic mass is 10.0. The van der Waals surface area contributed by atoms with Crippen molar-refractivity contribution in [3.63, 3.8) is 0 Å². The van der Waals surface area contributed by atoms with Gasteiger partial charge in [0, 0.05) is 11.8 Å². The number of nitro groups is 1. The second kappa shape index (κ2) is 5.38. The Labute approximate surface area is 101 Å². The molecule has 9 heteroatoms. The zero-order valence-electron chi connectivity index (χ0n) is 9.31. The van der Waals surface area contributed by atoms with Gasteiger partial charge in [0.25, 0.3) is 0 Å². The molecule has 4 N–H and O–H groups in total. The summed E-state index contributed by atoms with van der Waals surface area (Å²) in [5.41, 5.74) is 4.35. The molecular weight excluding hydrogens is 246 g/mol. The Bertz CT molecular complexity index is 477. The molecule has 0 radical (unpaired) electrons. The molecule has 98 valence electrons. The van der Waals surface area contributed by atoms with E-state index in [4.69, 9.17) is 5.73 Å². The second-order valence-corrected chi connectivity index (χ2v) is 3.33. The number of rotatable bonds is 4. The third-order valence-electron chi connectivity index (χ3n) is 2.25. The van der Waals surface area contributed by atoms with Crippen molar-refractivity contribution < 1.29 is 24.7 Å². The summed E-state index contributed by atoms with van der Waals surface area (Å²) in [5, 5.41) is 29.7. The molecule has 0 saturated heterocycles. The number of esters is 1. The molecule has 0 bridgehead atoms. The van der Waals surface area contributed by atoms with Gasteiger partial charge in [0.15, 0.2) is 6.10 Å². The minimum atomic E-state index is -1.90. The van der Waals surface area contributed by atoms with Gasteiger partial charge in [-0.1, -0.05) is 0 Å². The molecule has 18 heavy (non-hydrogen) atoms. The van der Waals surface area contributed by atoms with Crippen molar-refractivity contribution in [2.24, 2.45) is 0 Å². The maximum absolute atomic E-state index is 11.0. The summed E-state index contributed by atoms with van der Waals surface area (Å²) in [6.07, 6.45) is -1.74. The Morgan fingerprint density at radius 2 is 2.17 bits per heavy atom. The van der Waals surface area contributed by atoms with E-state index >= 15 is 0 Å². The first-order valence-electron chi connectivity index (χ1n) is 4.71. The molecule has 0 amide bonds. The van der Waals surface area contributed by atoms with Crippen LogP contribution in [0.4, 0.5) is 11.4 Å². The fourth-order valence-electron chi connectivity index (χ4n) is 1.28. The molecule has 2 atom stereocenters. The minimum absolute atomic E-state index is 0.220. The Morgan fingerprint density at radius 1 is 1.56 bits per heavy atom. The number of hydrogen-bond acceptors (Lipinski definition) is 8. The molecular formula is C9H11N3O6. The predicted molar refractivity (Wildman–Crippen MR) is 58.3 cm³/mol. The highest BCUT2D eigenvalue weighted by atomic mass is 16.6. The predicted octanol–water partition coefficient (Wildman–Crippen LogP) is -0.861. The van der Waals surface area contributed by atoms with Crippen molar-refractivity contribution in [1.82, 2.24) is 4.98 Å². The van der Waals surface area contributed by atoms with Crippen LogP contribution in [0, 0.1) is 10.1 Å². The number of ether oxygens (including phenoxy) is 1. The summed E-state index contributed by atoms with van der Waals surface area (Å²) in [7, 11) is 1.02. The lowest BCUT2D eigenvalue weighted by molar-refractivity contribution is -0.384. The molecule has 1 aromatic heterocycles. The monoisotopic (exact) mass is 257 g/mol. The number of nitrogens with zero attached hydrogens (tertiary/aromatic N) is 2. The van der Waals surface area contributed by atoms with Gasteiger partial charge in [-0.05, 0) is 0 Å². The van der Waals surface area contributed by atoms with E-state index in [0.29, 0.717) is 0 Å². The zero-order chi connectivity index (χ0) is 13.9. The molecule has 0 aliphatic heterocycles. The van der Waals surface area contributed by atoms with Crippen molar-refractivity contribution in [2.45, 2.75) is 12.2 Å². The van der Waals surface area contributed by atoms with Crippen LogP contribution in [0.1, 0.15) is 11.7 Å². The Balaban J connectivity index is 3.14. The molecule has 1 rings (SSSR count). The number of nitrogen functional groups attached to an aromatic ring is 1. The van der Waals surface area contributed by atoms with Crippen LogP contribution < -0.4 is 5.73 Å². The second-order valence-electron chi connectivity index (χ2n) is 3.33. The first-order chi connectivity index (χ1) is 8.40. The zero-order valence-corrected chi connectivity index (χ0v) is 9.31. The van der Waals surface area contributed by atoms with E-state index in [-0.39, 0.29) is 11.3 Å². The van der Waals surface area contributed by atoms with Crippen LogP contribution in [0.25, 0.3) is 0 Å². The van der Waals surface area contributed by atoms with Crippen LogP contribution in [0.3, 0.4) is 0 Å². The molecule has 0 aliphatic carbocycles. The first kappa shape index (κ1) is 13.8. The van der Waals surface area contributed by atoms with Gasteiger partial charge < -0.3 is 20.7 Å². The number of carbonyl (C=O) groups is 1. The molecule has 0 saturated carbocycles. The summed E-state index contributed by atoms with van der Waals surface area (Å²) >= 11 is 0. The van der Waals surface area contributed by atoms with E-state index in [1.807, 2.05) is 0 Å². The number of aromatic nitrogens is 1. The van der Waals surface area contributed by atoms with Crippen LogP contribution in [0.5, 0.6) is 0 Å². The molecule has 1 heterocycles. The summed E-state index contributed by atoms with van der Waals surface area (Å²) < 4.78 is 4.23. The maximum Gasteiger partial charge on any atom is 0.337 e. The highest BCUT2D eigenvalue weighted by Crippen LogP contribution is 2.29. The number of hydrogen-bond donors (Lipinski definition) is 3. The summed E-state index contributed by atoms with van der Waals surface area (Å²) in [6.45, 7) is 0. The fourth-order valence-corrected chi connectivity index (χ4v) is 1.28. The van der Waals surface area contributed by atoms with E-state index in [1.54, 1.807) is 0 Å². The van der Waals surface area contributed by atoms with E-state index < -0.39 is 28.8 Å². The summed E-state index contributed by atoms with van der Waals surface area (Å²) in [6, 6.07) is 0. The van der Waals surface area contributed by atoms with Gasteiger partial charge in [0.2, 0.25) is 0 Å². The summed E-state index contributed by atoms with van der Waals surface area (Å²) in [4.78, 5) is 24.4. The minimum Gasteiger partial charge on any atom is -0.467 e. The molecule has 0 spiro atoms. The summed E-state index contributed by atoms with van der Waals surface area (Å²) in [5.74, 6) is -1.09. The van der Waals surface area contributed by atoms with Crippen LogP contribution in [0.2, 0.25) is 0 Å². The fraction of sp³-hybridized carbons (Fsp3) is 0.333. The third-order valence-corrected chi connectivity index (χ3v) is 2.25. The molecule has 9 nitrogen and oxygen atoms in total. The van der Waals surface area contributed by atoms with Gasteiger partial charge in [-0.2, -0.15) is 0 Å². The first-order valence-corrected chi connectivity index (χ1v) is 4.71. The average molecular weight is 257 g/mol. The smallest absolute Gasteiger partial charge is 0.337 e. The van der Waals surface area contributed by atoms with Crippen molar-refractivity contribution >= 4 is 17.3 Å². The number of pyridine rings is 1. The Kier molecular flexibility index (Phi) is 4.13. The van der Waals surface area contributed by atoms with Gasteiger partial charge in [0.05, 0.1) is 12.0 Å². The van der Waals surface area contributed by atoms with E-state index in [9.17, 15) is 25.1 Å². The highest BCUT2D eigenvalue weighted by molar-refractivity contribution is 5.76. The van der Waals surface area contributed by atoms with Gasteiger partial charge >= 0.3 is 11.7 Å². The van der Waals surface area contributed by atoms with Crippen molar-refractivity contribution in [2.75, 3.05) is 12.8 Å². The van der Waals surface area contributed by atoms with Crippen LogP contribution >= 0.6 is 0 Å². The van der Waals surface area contributed by atoms with Crippen LogP contribution in [0.15, 0.2) is 12.4 Å². The molecule has 0 aliphatic rings. The maximum atomic E-state index is 11.0. The SMILES string of the molecule is COC(=O)C(O)C(O)c1cncc([N+](=O)[O-])c1N. The standard InChI is InChI=1S/C9H11N3O6/c1-18-9(15)8(14)7(13)4-2-11-3-5(6(4)10)12(16)17/h2-3,7-8,13-14H,1H3,(H2,10,11). The number of anilines is 1. The van der Waals surface area contributed by atoms with E-state index in [1.165, 1.54) is 0 Å². The van der Waals surface area contributed by atoms with Gasteiger partial charge in [0.1, 0.15) is 18.0 Å². The van der Waals surface area contributed by atoms with E-state index in [2.05, 4.69) is 9.72 Å². The number of aliphatic hydroxyl groups excluding tert-OH is 2. The molecule has 0 fully saturated rings. The number of aliphatic hydroxyl groups is 2. The number of methoxy groups -OCH3 is 1. The lowest BCUT2D eigenvalue weighted by Gasteiger charge is -2.16. The lowest BCUT2D eigenvalue weighted by Crippen LogP contribution is -2.29. The Hall–Kier alpha value is -2.26. The molecule has 1 aromatic rings. The molecule has 0 aromatic carbocycles. The van der Waals surface area contributed by atoms with Gasteiger partial charge in [-0.15, -0.1) is 0 Å². The van der Waals surface area contributed by atoms with Crippen molar-refractivity contribution in [3.05, 3.63) is 28.1 Å². The van der Waals surface area contributed by atoms with Crippen molar-refractivity contribution in [3.8, 4) is 0 Å².